The molecule has 44 heavy (non-hydrogen) atoms. The molecule has 0 aliphatic heterocycles. The molecule has 0 saturated heterocycles. The van der Waals surface area contributed by atoms with E-state index in [9.17, 15) is 0 Å². The van der Waals surface area contributed by atoms with Gasteiger partial charge in [0, 0.05) is 0 Å². The van der Waals surface area contributed by atoms with E-state index in [4.69, 9.17) is 0 Å². The van der Waals surface area contributed by atoms with E-state index in [1.807, 2.05) is 0 Å². The lowest BCUT2D eigenvalue weighted by Gasteiger charge is -2.27. The Kier molecular flexibility index (Phi) is 5.61. The smallest absolute Gasteiger partial charge is 0.000116 e. The first-order valence-corrected chi connectivity index (χ1v) is 15.3. The Labute approximate surface area is 256 Å². The molecule has 0 aromatic heterocycles. The summed E-state index contributed by atoms with van der Waals surface area (Å²) in [4.78, 5) is 0. The summed E-state index contributed by atoms with van der Waals surface area (Å²) in [5, 5.41) is 10.5. The Hall–Kier alpha value is -5.72. The highest BCUT2D eigenvalue weighted by atomic mass is 14.3. The zero-order valence-corrected chi connectivity index (χ0v) is 24.2. The highest BCUT2D eigenvalue weighted by Gasteiger charge is 2.27. The Morgan fingerprint density at radius 2 is 0.682 bits per heavy atom. The molecule has 0 heteroatoms. The van der Waals surface area contributed by atoms with Gasteiger partial charge in [0.15, 0.2) is 0 Å². The van der Waals surface area contributed by atoms with Crippen molar-refractivity contribution in [3.05, 3.63) is 170 Å². The molecule has 9 aromatic rings. The summed E-state index contributed by atoms with van der Waals surface area (Å²) in [7, 11) is 0. The summed E-state index contributed by atoms with van der Waals surface area (Å²) in [5.41, 5.74) is 10.0. The van der Waals surface area contributed by atoms with Gasteiger partial charge in [-0.3, -0.25) is 0 Å². The standard InChI is InChI=1S/C44H28/c1-5-16-29(17-6-1)37-28-33-24-15-27-35-34-25-13-14-26-36(34)42-40(31-20-9-3-10-21-31)39(30-18-7-2-8-19-30)41(32-22-11-4-12-23-32)43(37)44(42)38(33)35/h1-28H. The molecule has 0 saturated carbocycles. The maximum absolute atomic E-state index is 2.43. The molecule has 204 valence electrons. The normalized spacial score (nSPS) is 11.6. The fourth-order valence-corrected chi connectivity index (χ4v) is 7.42. The summed E-state index contributed by atoms with van der Waals surface area (Å²) in [6.07, 6.45) is 0. The maximum Gasteiger partial charge on any atom is -0.000116 e. The average Bonchev–Trinajstić information content (AvgIpc) is 3.11. The molecule has 0 nitrogen and oxygen atoms in total. The van der Waals surface area contributed by atoms with Crippen LogP contribution < -0.4 is 0 Å². The minimum atomic E-state index is 1.22. The molecular formula is C44H28. The van der Waals surface area contributed by atoms with Crippen LogP contribution in [0, 0.1) is 0 Å². The van der Waals surface area contributed by atoms with Gasteiger partial charge in [-0.15, -0.1) is 0 Å². The Balaban J connectivity index is 1.69. The molecule has 0 spiro atoms. The molecule has 0 aliphatic carbocycles. The monoisotopic (exact) mass is 556 g/mol. The molecule has 0 bridgehead atoms. The minimum Gasteiger partial charge on any atom is -0.0622 e. The second-order valence-electron chi connectivity index (χ2n) is 11.6. The van der Waals surface area contributed by atoms with Crippen molar-refractivity contribution in [3.63, 3.8) is 0 Å². The van der Waals surface area contributed by atoms with Gasteiger partial charge in [0.1, 0.15) is 0 Å². The van der Waals surface area contributed by atoms with Crippen molar-refractivity contribution < 1.29 is 0 Å². The molecule has 0 N–H and O–H groups in total. The summed E-state index contributed by atoms with van der Waals surface area (Å²) in [5.74, 6) is 0. The quantitative estimate of drug-likeness (QED) is 0.149. The lowest BCUT2D eigenvalue weighted by atomic mass is 9.76. The molecule has 9 rings (SSSR count). The third-order valence-corrected chi connectivity index (χ3v) is 9.17. The van der Waals surface area contributed by atoms with Crippen LogP contribution in [-0.4, -0.2) is 0 Å². The Morgan fingerprint density at radius 3 is 1.27 bits per heavy atom. The van der Waals surface area contributed by atoms with Crippen LogP contribution in [0.4, 0.5) is 0 Å². The lowest BCUT2D eigenvalue weighted by Crippen LogP contribution is -1.99. The molecule has 0 unspecified atom stereocenters. The molecule has 0 radical (unpaired) electrons. The van der Waals surface area contributed by atoms with E-state index in [0.29, 0.717) is 0 Å². The van der Waals surface area contributed by atoms with Gasteiger partial charge in [-0.25, -0.2) is 0 Å². The summed E-state index contributed by atoms with van der Waals surface area (Å²) in [6.45, 7) is 0. The molecular weight excluding hydrogens is 528 g/mol. The van der Waals surface area contributed by atoms with Gasteiger partial charge >= 0.3 is 0 Å². The first kappa shape index (κ1) is 24.8. The zero-order chi connectivity index (χ0) is 29.0. The van der Waals surface area contributed by atoms with Crippen LogP contribution in [0.25, 0.3) is 87.6 Å². The number of hydrogen-bond acceptors (Lipinski definition) is 0. The topological polar surface area (TPSA) is 0 Å². The summed E-state index contributed by atoms with van der Waals surface area (Å²) in [6, 6.07) is 62.2. The van der Waals surface area contributed by atoms with E-state index in [2.05, 4.69) is 170 Å². The molecule has 0 amide bonds. The highest BCUT2D eigenvalue weighted by Crippen LogP contribution is 2.55. The number of hydrogen-bond donors (Lipinski definition) is 0. The Bertz CT molecular complexity index is 2440. The first-order valence-electron chi connectivity index (χ1n) is 15.3. The second-order valence-corrected chi connectivity index (χ2v) is 11.6. The van der Waals surface area contributed by atoms with Crippen LogP contribution in [0.15, 0.2) is 170 Å². The Morgan fingerprint density at radius 1 is 0.250 bits per heavy atom. The van der Waals surface area contributed by atoms with E-state index < -0.39 is 0 Å². The molecule has 0 aliphatic rings. The number of benzene rings is 9. The van der Waals surface area contributed by atoms with Gasteiger partial charge in [-0.1, -0.05) is 164 Å². The van der Waals surface area contributed by atoms with Gasteiger partial charge in [0.25, 0.3) is 0 Å². The van der Waals surface area contributed by atoms with Crippen molar-refractivity contribution in [2.75, 3.05) is 0 Å². The zero-order valence-electron chi connectivity index (χ0n) is 24.2. The second kappa shape index (κ2) is 9.93. The molecule has 0 heterocycles. The van der Waals surface area contributed by atoms with Crippen molar-refractivity contribution in [2.24, 2.45) is 0 Å². The van der Waals surface area contributed by atoms with E-state index in [1.165, 1.54) is 87.6 Å². The predicted octanol–water partition coefficient (Wildman–Crippen LogP) is 12.4. The van der Waals surface area contributed by atoms with Crippen molar-refractivity contribution in [3.8, 4) is 44.5 Å². The summed E-state index contributed by atoms with van der Waals surface area (Å²) < 4.78 is 0. The molecule has 0 atom stereocenters. The van der Waals surface area contributed by atoms with Crippen LogP contribution in [0.1, 0.15) is 0 Å². The van der Waals surface area contributed by atoms with Gasteiger partial charge in [-0.05, 0) is 93.7 Å². The van der Waals surface area contributed by atoms with Gasteiger partial charge in [0.05, 0.1) is 0 Å². The highest BCUT2D eigenvalue weighted by molar-refractivity contribution is 6.41. The fourth-order valence-electron chi connectivity index (χ4n) is 7.42. The van der Waals surface area contributed by atoms with E-state index in [-0.39, 0.29) is 0 Å². The van der Waals surface area contributed by atoms with Crippen LogP contribution >= 0.6 is 0 Å². The minimum absolute atomic E-state index is 1.22. The number of rotatable bonds is 4. The third kappa shape index (κ3) is 3.65. The predicted molar refractivity (Wildman–Crippen MR) is 189 cm³/mol. The molecule has 9 aromatic carbocycles. The number of fused-ring (bicyclic) bond motifs is 3. The van der Waals surface area contributed by atoms with E-state index in [1.54, 1.807) is 0 Å². The van der Waals surface area contributed by atoms with Crippen molar-refractivity contribution in [2.45, 2.75) is 0 Å². The van der Waals surface area contributed by atoms with Crippen LogP contribution in [-0.2, 0) is 0 Å². The fraction of sp³-hybridized carbons (Fsp3) is 0. The summed E-state index contributed by atoms with van der Waals surface area (Å²) >= 11 is 0. The average molecular weight is 557 g/mol. The van der Waals surface area contributed by atoms with Crippen LogP contribution in [0.2, 0.25) is 0 Å². The van der Waals surface area contributed by atoms with Crippen molar-refractivity contribution in [1.82, 2.24) is 0 Å². The van der Waals surface area contributed by atoms with Crippen molar-refractivity contribution >= 4 is 43.1 Å². The molecule has 0 fully saturated rings. The van der Waals surface area contributed by atoms with Gasteiger partial charge in [-0.2, -0.15) is 0 Å². The lowest BCUT2D eigenvalue weighted by molar-refractivity contribution is 1.59. The maximum atomic E-state index is 2.43. The van der Waals surface area contributed by atoms with Gasteiger partial charge in [0.2, 0.25) is 0 Å². The SMILES string of the molecule is c1ccc(-c2c(-c3ccccc3)c3c(-c4ccccc4)cc4cccc5c6ccccc6c(c2-c2ccccc2)c3c45)cc1. The van der Waals surface area contributed by atoms with E-state index >= 15 is 0 Å². The largest absolute Gasteiger partial charge is 0.0622 e. The van der Waals surface area contributed by atoms with Crippen LogP contribution in [0.5, 0.6) is 0 Å². The van der Waals surface area contributed by atoms with Crippen LogP contribution in [0.3, 0.4) is 0 Å². The third-order valence-electron chi connectivity index (χ3n) is 9.17. The van der Waals surface area contributed by atoms with E-state index in [0.717, 1.165) is 0 Å². The first-order chi connectivity index (χ1) is 21.9. The van der Waals surface area contributed by atoms with Crippen molar-refractivity contribution in [1.29, 1.82) is 0 Å². The van der Waals surface area contributed by atoms with Gasteiger partial charge < -0.3 is 0 Å².